The zero-order valence-corrected chi connectivity index (χ0v) is 13.6. The minimum Gasteiger partial charge on any atom is -0.345 e. The van der Waals surface area contributed by atoms with Crippen LogP contribution in [-0.2, 0) is 10.0 Å². The number of hydrogen-bond acceptors (Lipinski definition) is 3. The molecule has 6 heteroatoms. The number of amides is 1. The summed E-state index contributed by atoms with van der Waals surface area (Å²) in [5.74, 6) is -0.233. The molecule has 3 rings (SSSR count). The van der Waals surface area contributed by atoms with Crippen LogP contribution in [-0.4, -0.2) is 37.3 Å². The molecule has 23 heavy (non-hydrogen) atoms. The molecule has 0 unspecified atom stereocenters. The van der Waals surface area contributed by atoms with Gasteiger partial charge in [0.05, 0.1) is 16.0 Å². The maximum atomic E-state index is 12.9. The number of carbonyl (C=O) groups excluding carboxylic acids is 1. The van der Waals surface area contributed by atoms with Crippen LogP contribution >= 0.6 is 0 Å². The molecule has 0 saturated heterocycles. The molecule has 1 amide bonds. The molecule has 0 atom stereocenters. The molecule has 3 aromatic rings. The van der Waals surface area contributed by atoms with E-state index < -0.39 is 10.0 Å². The second-order valence-electron chi connectivity index (χ2n) is 5.37. The molecule has 5 nitrogen and oxygen atoms in total. The van der Waals surface area contributed by atoms with Crippen molar-refractivity contribution in [3.63, 3.8) is 0 Å². The minimum atomic E-state index is -3.76. The van der Waals surface area contributed by atoms with Crippen molar-refractivity contribution in [3.05, 3.63) is 66.4 Å². The molecule has 1 heterocycles. The number of hydrogen-bond donors (Lipinski definition) is 0. The number of para-hydroxylation sites is 1. The first-order valence-corrected chi connectivity index (χ1v) is 8.49. The van der Waals surface area contributed by atoms with Crippen LogP contribution in [0.1, 0.15) is 10.4 Å². The van der Waals surface area contributed by atoms with Gasteiger partial charge in [-0.25, -0.2) is 12.4 Å². The average molecular weight is 328 g/mol. The van der Waals surface area contributed by atoms with Gasteiger partial charge in [-0.1, -0.05) is 36.4 Å². The van der Waals surface area contributed by atoms with Gasteiger partial charge >= 0.3 is 0 Å². The summed E-state index contributed by atoms with van der Waals surface area (Å²) in [6.07, 6.45) is 1.40. The maximum absolute atomic E-state index is 12.9. The fourth-order valence-corrected chi connectivity index (χ4v) is 3.86. The third-order valence-electron chi connectivity index (χ3n) is 3.61. The summed E-state index contributed by atoms with van der Waals surface area (Å²) in [4.78, 5) is 14.0. The highest BCUT2D eigenvalue weighted by Gasteiger charge is 2.23. The minimum absolute atomic E-state index is 0.185. The van der Waals surface area contributed by atoms with Gasteiger partial charge < -0.3 is 4.90 Å². The number of rotatable bonds is 3. The lowest BCUT2D eigenvalue weighted by molar-refractivity contribution is 0.0829. The summed E-state index contributed by atoms with van der Waals surface area (Å²) >= 11 is 0. The molecule has 2 aromatic carbocycles. The van der Waals surface area contributed by atoms with E-state index in [1.54, 1.807) is 56.6 Å². The fourth-order valence-electron chi connectivity index (χ4n) is 2.47. The van der Waals surface area contributed by atoms with Crippen molar-refractivity contribution in [1.82, 2.24) is 8.87 Å². The SMILES string of the molecule is CN(C)C(=O)c1cn(S(=O)(=O)c2ccccc2)c2ccccc12. The van der Waals surface area contributed by atoms with E-state index in [1.807, 2.05) is 0 Å². The van der Waals surface area contributed by atoms with Gasteiger partial charge in [-0.3, -0.25) is 4.79 Å². The van der Waals surface area contributed by atoms with Crippen molar-refractivity contribution in [3.8, 4) is 0 Å². The molecular weight excluding hydrogens is 312 g/mol. The first kappa shape index (κ1) is 15.3. The third-order valence-corrected chi connectivity index (χ3v) is 5.30. The van der Waals surface area contributed by atoms with Crippen molar-refractivity contribution in [2.45, 2.75) is 4.90 Å². The van der Waals surface area contributed by atoms with E-state index in [0.717, 1.165) is 0 Å². The molecule has 0 radical (unpaired) electrons. The van der Waals surface area contributed by atoms with Gasteiger partial charge in [0.25, 0.3) is 15.9 Å². The van der Waals surface area contributed by atoms with Gasteiger partial charge in [0.15, 0.2) is 0 Å². The largest absolute Gasteiger partial charge is 0.345 e. The third kappa shape index (κ3) is 2.51. The van der Waals surface area contributed by atoms with Crippen LogP contribution in [0.4, 0.5) is 0 Å². The maximum Gasteiger partial charge on any atom is 0.268 e. The smallest absolute Gasteiger partial charge is 0.268 e. The molecule has 0 bridgehead atoms. The average Bonchev–Trinajstić information content (AvgIpc) is 2.95. The quantitative estimate of drug-likeness (QED) is 0.742. The summed E-state index contributed by atoms with van der Waals surface area (Å²) in [5.41, 5.74) is 0.853. The summed E-state index contributed by atoms with van der Waals surface area (Å²) in [5, 5.41) is 0.616. The van der Waals surface area contributed by atoms with Crippen molar-refractivity contribution < 1.29 is 13.2 Å². The number of aromatic nitrogens is 1. The van der Waals surface area contributed by atoms with E-state index in [4.69, 9.17) is 0 Å². The van der Waals surface area contributed by atoms with Gasteiger partial charge in [-0.15, -0.1) is 0 Å². The van der Waals surface area contributed by atoms with E-state index in [-0.39, 0.29) is 10.8 Å². The zero-order valence-electron chi connectivity index (χ0n) is 12.8. The second kappa shape index (κ2) is 5.55. The standard InChI is InChI=1S/C17H16N2O3S/c1-18(2)17(20)15-12-19(16-11-7-6-10-14(15)16)23(21,22)13-8-4-3-5-9-13/h3-12H,1-2H3. The van der Waals surface area contributed by atoms with Crippen LogP contribution in [0.25, 0.3) is 10.9 Å². The second-order valence-corrected chi connectivity index (χ2v) is 7.19. The van der Waals surface area contributed by atoms with Gasteiger partial charge in [-0.2, -0.15) is 0 Å². The van der Waals surface area contributed by atoms with Crippen LogP contribution in [0, 0.1) is 0 Å². The summed E-state index contributed by atoms with van der Waals surface area (Å²) in [6.45, 7) is 0. The normalized spacial score (nSPS) is 11.6. The molecule has 0 aliphatic rings. The lowest BCUT2D eigenvalue weighted by Gasteiger charge is -2.08. The van der Waals surface area contributed by atoms with Crippen LogP contribution in [0.5, 0.6) is 0 Å². The van der Waals surface area contributed by atoms with Gasteiger partial charge in [0, 0.05) is 25.7 Å². The Kier molecular flexibility index (Phi) is 3.69. The zero-order chi connectivity index (χ0) is 16.6. The Bertz CT molecular complexity index is 974. The van der Waals surface area contributed by atoms with Gasteiger partial charge in [0.1, 0.15) is 0 Å². The van der Waals surface area contributed by atoms with Crippen molar-refractivity contribution in [2.24, 2.45) is 0 Å². The Labute approximate surface area is 134 Å². The highest BCUT2D eigenvalue weighted by Crippen LogP contribution is 2.26. The number of benzene rings is 2. The lowest BCUT2D eigenvalue weighted by Crippen LogP contribution is -2.21. The monoisotopic (exact) mass is 328 g/mol. The van der Waals surface area contributed by atoms with E-state index in [9.17, 15) is 13.2 Å². The van der Waals surface area contributed by atoms with E-state index in [0.29, 0.717) is 16.5 Å². The van der Waals surface area contributed by atoms with Crippen LogP contribution in [0.3, 0.4) is 0 Å². The Morgan fingerprint density at radius 3 is 2.22 bits per heavy atom. The highest BCUT2D eigenvalue weighted by molar-refractivity contribution is 7.90. The van der Waals surface area contributed by atoms with E-state index in [1.165, 1.54) is 27.2 Å². The van der Waals surface area contributed by atoms with Crippen LogP contribution in [0.15, 0.2) is 65.7 Å². The highest BCUT2D eigenvalue weighted by atomic mass is 32.2. The Morgan fingerprint density at radius 1 is 0.957 bits per heavy atom. The Hall–Kier alpha value is -2.60. The molecule has 0 saturated carbocycles. The van der Waals surface area contributed by atoms with Gasteiger partial charge in [-0.05, 0) is 18.2 Å². The Morgan fingerprint density at radius 2 is 1.57 bits per heavy atom. The molecular formula is C17H16N2O3S. The molecule has 0 aliphatic carbocycles. The lowest BCUT2D eigenvalue weighted by atomic mass is 10.1. The predicted octanol–water partition coefficient (Wildman–Crippen LogP) is 2.58. The predicted molar refractivity (Wildman–Crippen MR) is 89.0 cm³/mol. The number of carbonyl (C=O) groups is 1. The fraction of sp³-hybridized carbons (Fsp3) is 0.118. The van der Waals surface area contributed by atoms with E-state index in [2.05, 4.69) is 0 Å². The molecule has 0 fully saturated rings. The molecule has 0 spiro atoms. The van der Waals surface area contributed by atoms with Crippen molar-refractivity contribution in [2.75, 3.05) is 14.1 Å². The number of fused-ring (bicyclic) bond motifs is 1. The molecule has 0 aliphatic heterocycles. The molecule has 0 N–H and O–H groups in total. The molecule has 118 valence electrons. The van der Waals surface area contributed by atoms with Crippen LogP contribution < -0.4 is 0 Å². The topological polar surface area (TPSA) is 59.4 Å². The first-order valence-electron chi connectivity index (χ1n) is 7.05. The summed E-state index contributed by atoms with van der Waals surface area (Å²) in [7, 11) is -0.480. The van der Waals surface area contributed by atoms with Gasteiger partial charge in [0.2, 0.25) is 0 Å². The molecule has 1 aromatic heterocycles. The van der Waals surface area contributed by atoms with Crippen molar-refractivity contribution >= 4 is 26.8 Å². The first-order chi connectivity index (χ1) is 10.9. The van der Waals surface area contributed by atoms with Crippen LogP contribution in [0.2, 0.25) is 0 Å². The summed E-state index contributed by atoms with van der Waals surface area (Å²) in [6, 6.07) is 15.2. The summed E-state index contributed by atoms with van der Waals surface area (Å²) < 4.78 is 27.0. The van der Waals surface area contributed by atoms with E-state index >= 15 is 0 Å². The Balaban J connectivity index is 2.29. The number of nitrogens with zero attached hydrogens (tertiary/aromatic N) is 2. The van der Waals surface area contributed by atoms with Crippen molar-refractivity contribution in [1.29, 1.82) is 0 Å².